The van der Waals surface area contributed by atoms with Crippen LogP contribution in [0.25, 0.3) is 10.9 Å². The summed E-state index contributed by atoms with van der Waals surface area (Å²) in [6, 6.07) is 16.3. The lowest BCUT2D eigenvalue weighted by Crippen LogP contribution is -2.27. The second kappa shape index (κ2) is 7.81. The first-order valence-electron chi connectivity index (χ1n) is 9.52. The van der Waals surface area contributed by atoms with E-state index >= 15 is 0 Å². The summed E-state index contributed by atoms with van der Waals surface area (Å²) in [5.74, 6) is 0.0399. The van der Waals surface area contributed by atoms with Crippen molar-refractivity contribution in [1.29, 1.82) is 0 Å². The van der Waals surface area contributed by atoms with E-state index < -0.39 is 10.0 Å². The molecule has 6 heteroatoms. The smallest absolute Gasteiger partial charge is 0.243 e. The maximum Gasteiger partial charge on any atom is 0.243 e. The Bertz CT molecular complexity index is 1100. The minimum Gasteiger partial charge on any atom is -0.294 e. The summed E-state index contributed by atoms with van der Waals surface area (Å²) >= 11 is 0. The highest BCUT2D eigenvalue weighted by molar-refractivity contribution is 7.89. The van der Waals surface area contributed by atoms with Crippen LogP contribution in [-0.4, -0.2) is 36.6 Å². The fraction of sp³-hybridized carbons (Fsp3) is 0.273. The Balaban J connectivity index is 1.46. The molecule has 0 atom stereocenters. The predicted molar refractivity (Wildman–Crippen MR) is 109 cm³/mol. The largest absolute Gasteiger partial charge is 0.294 e. The zero-order valence-electron chi connectivity index (χ0n) is 15.5. The highest BCUT2D eigenvalue weighted by atomic mass is 32.2. The van der Waals surface area contributed by atoms with E-state index in [0.29, 0.717) is 36.4 Å². The maximum atomic E-state index is 12.7. The topological polar surface area (TPSA) is 67.3 Å². The first-order valence-corrected chi connectivity index (χ1v) is 11.0. The Hall–Kier alpha value is -2.57. The van der Waals surface area contributed by atoms with E-state index in [2.05, 4.69) is 4.98 Å². The van der Waals surface area contributed by atoms with Crippen molar-refractivity contribution in [2.24, 2.45) is 0 Å². The highest BCUT2D eigenvalue weighted by Gasteiger charge is 2.26. The highest BCUT2D eigenvalue weighted by Crippen LogP contribution is 2.22. The van der Waals surface area contributed by atoms with Gasteiger partial charge in [-0.15, -0.1) is 0 Å². The molecule has 4 rings (SSSR count). The number of hydrogen-bond acceptors (Lipinski definition) is 4. The minimum atomic E-state index is -3.40. The quantitative estimate of drug-likeness (QED) is 0.596. The third-order valence-electron chi connectivity index (χ3n) is 5.20. The molecule has 28 heavy (non-hydrogen) atoms. The molecular formula is C22H22N2O3S. The lowest BCUT2D eigenvalue weighted by atomic mass is 10.0. The molecule has 0 saturated carbocycles. The van der Waals surface area contributed by atoms with Crippen LogP contribution in [0.3, 0.4) is 0 Å². The molecule has 144 valence electrons. The number of aryl methyl sites for hydroxylation is 1. The summed E-state index contributed by atoms with van der Waals surface area (Å²) in [5, 5.41) is 0.949. The molecule has 1 aliphatic heterocycles. The summed E-state index contributed by atoms with van der Waals surface area (Å²) in [6.07, 6.45) is 4.45. The number of nitrogens with zero attached hydrogens (tertiary/aromatic N) is 2. The van der Waals surface area contributed by atoms with E-state index in [1.54, 1.807) is 34.8 Å². The molecule has 1 saturated heterocycles. The molecule has 0 bridgehead atoms. The molecule has 2 heterocycles. The van der Waals surface area contributed by atoms with Crippen LogP contribution in [0.2, 0.25) is 0 Å². The summed E-state index contributed by atoms with van der Waals surface area (Å²) in [6.45, 7) is 1.19. The number of fused-ring (bicyclic) bond motifs is 1. The normalized spacial score (nSPS) is 15.1. The zero-order chi connectivity index (χ0) is 19.6. The number of rotatable bonds is 6. The second-order valence-electron chi connectivity index (χ2n) is 7.06. The predicted octanol–water partition coefficient (Wildman–Crippen LogP) is 3.83. The molecule has 0 amide bonds. The Morgan fingerprint density at radius 3 is 2.43 bits per heavy atom. The van der Waals surface area contributed by atoms with Crippen LogP contribution in [0.1, 0.15) is 35.2 Å². The van der Waals surface area contributed by atoms with Crippen LogP contribution >= 0.6 is 0 Å². The van der Waals surface area contributed by atoms with Crippen LogP contribution in [0.15, 0.2) is 65.7 Å². The molecule has 0 aliphatic carbocycles. The average molecular weight is 394 g/mol. The van der Waals surface area contributed by atoms with Crippen molar-refractivity contribution in [1.82, 2.24) is 9.29 Å². The number of sulfonamides is 1. The fourth-order valence-corrected chi connectivity index (χ4v) is 5.14. The van der Waals surface area contributed by atoms with Crippen LogP contribution < -0.4 is 0 Å². The van der Waals surface area contributed by atoms with Crippen LogP contribution in [0.4, 0.5) is 0 Å². The van der Waals surface area contributed by atoms with Crippen molar-refractivity contribution < 1.29 is 13.2 Å². The number of aromatic nitrogens is 1. The van der Waals surface area contributed by atoms with Crippen molar-refractivity contribution in [2.45, 2.75) is 30.6 Å². The third-order valence-corrected chi connectivity index (χ3v) is 7.11. The van der Waals surface area contributed by atoms with Crippen molar-refractivity contribution in [3.8, 4) is 0 Å². The summed E-state index contributed by atoms with van der Waals surface area (Å²) < 4.78 is 26.7. The van der Waals surface area contributed by atoms with E-state index in [1.807, 2.05) is 30.3 Å². The second-order valence-corrected chi connectivity index (χ2v) is 9.00. The summed E-state index contributed by atoms with van der Waals surface area (Å²) in [5.41, 5.74) is 2.30. The Kier molecular flexibility index (Phi) is 5.24. The first kappa shape index (κ1) is 18.8. The molecule has 0 spiro atoms. The van der Waals surface area contributed by atoms with Gasteiger partial charge >= 0.3 is 0 Å². The van der Waals surface area contributed by atoms with Gasteiger partial charge in [-0.2, -0.15) is 4.31 Å². The zero-order valence-corrected chi connectivity index (χ0v) is 16.4. The van der Waals surface area contributed by atoms with E-state index in [0.717, 1.165) is 29.3 Å². The number of benzene rings is 2. The lowest BCUT2D eigenvalue weighted by Gasteiger charge is -2.15. The molecule has 1 aromatic heterocycles. The Labute approximate surface area is 165 Å². The van der Waals surface area contributed by atoms with Crippen molar-refractivity contribution in [2.75, 3.05) is 13.1 Å². The summed E-state index contributed by atoms with van der Waals surface area (Å²) in [4.78, 5) is 17.4. The number of ketones is 1. The fourth-order valence-electron chi connectivity index (χ4n) is 3.63. The lowest BCUT2D eigenvalue weighted by molar-refractivity contribution is 0.0984. The minimum absolute atomic E-state index is 0.0399. The van der Waals surface area contributed by atoms with E-state index in [-0.39, 0.29) is 5.78 Å². The first-order chi connectivity index (χ1) is 13.6. The van der Waals surface area contributed by atoms with Gasteiger partial charge in [-0.05, 0) is 49.1 Å². The molecule has 1 aliphatic rings. The molecule has 1 fully saturated rings. The van der Waals surface area contributed by atoms with Crippen molar-refractivity contribution in [3.05, 3.63) is 71.9 Å². The third kappa shape index (κ3) is 3.70. The van der Waals surface area contributed by atoms with Crippen molar-refractivity contribution in [3.63, 3.8) is 0 Å². The molecule has 2 aromatic carbocycles. The van der Waals surface area contributed by atoms with Gasteiger partial charge in [0.15, 0.2) is 5.78 Å². The average Bonchev–Trinajstić information content (AvgIpc) is 3.28. The maximum absolute atomic E-state index is 12.7. The van der Waals surface area contributed by atoms with Gasteiger partial charge in [0.25, 0.3) is 0 Å². The molecule has 5 nitrogen and oxygen atoms in total. The van der Waals surface area contributed by atoms with Gasteiger partial charge in [0, 0.05) is 36.7 Å². The molecule has 0 N–H and O–H groups in total. The molecular weight excluding hydrogens is 372 g/mol. The molecule has 0 unspecified atom stereocenters. The van der Waals surface area contributed by atoms with E-state index in [9.17, 15) is 13.2 Å². The monoisotopic (exact) mass is 394 g/mol. The van der Waals surface area contributed by atoms with Gasteiger partial charge in [-0.3, -0.25) is 9.78 Å². The van der Waals surface area contributed by atoms with Crippen LogP contribution in [-0.2, 0) is 16.4 Å². The SMILES string of the molecule is O=C(CCc1ccc(S(=O)(=O)N2CCCC2)cc1)c1cccc2cccnc12. The van der Waals surface area contributed by atoms with Crippen LogP contribution in [0.5, 0.6) is 0 Å². The standard InChI is InChI=1S/C22H22N2O3S/c25-21(20-7-3-5-18-6-4-14-23-22(18)20)13-10-17-8-11-19(12-9-17)28(26,27)24-15-1-2-16-24/h3-9,11-12,14H,1-2,10,13,15-16H2. The Morgan fingerprint density at radius 1 is 0.964 bits per heavy atom. The van der Waals surface area contributed by atoms with Gasteiger partial charge in [-0.25, -0.2) is 8.42 Å². The number of carbonyl (C=O) groups excluding carboxylic acids is 1. The molecule has 0 radical (unpaired) electrons. The van der Waals surface area contributed by atoms with Crippen LogP contribution in [0, 0.1) is 0 Å². The summed E-state index contributed by atoms with van der Waals surface area (Å²) in [7, 11) is -3.40. The number of Topliss-reactive ketones (excluding diaryl/α,β-unsaturated/α-hetero) is 1. The number of pyridine rings is 1. The van der Waals surface area contributed by atoms with E-state index in [1.165, 1.54) is 0 Å². The van der Waals surface area contributed by atoms with Gasteiger partial charge in [-0.1, -0.05) is 30.3 Å². The van der Waals surface area contributed by atoms with Gasteiger partial charge < -0.3 is 0 Å². The number of para-hydroxylation sites is 1. The number of hydrogen-bond donors (Lipinski definition) is 0. The van der Waals surface area contributed by atoms with Gasteiger partial charge in [0.1, 0.15) is 0 Å². The van der Waals surface area contributed by atoms with E-state index in [4.69, 9.17) is 0 Å². The Morgan fingerprint density at radius 2 is 1.68 bits per heavy atom. The van der Waals surface area contributed by atoms with Gasteiger partial charge in [0.05, 0.1) is 10.4 Å². The number of carbonyl (C=O) groups is 1. The van der Waals surface area contributed by atoms with Gasteiger partial charge in [0.2, 0.25) is 10.0 Å². The van der Waals surface area contributed by atoms with Crippen molar-refractivity contribution >= 4 is 26.7 Å². The molecule has 3 aromatic rings.